The molecule has 0 saturated heterocycles. The molecule has 5 rings (SSSR count). The van der Waals surface area contributed by atoms with Crippen molar-refractivity contribution in [3.05, 3.63) is 83.2 Å². The largest absolute Gasteiger partial charge is 1.00 e. The summed E-state index contributed by atoms with van der Waals surface area (Å²) in [5.41, 5.74) is 6.57. The number of halogens is 1. The molecule has 0 amide bonds. The molecule has 0 spiro atoms. The van der Waals surface area contributed by atoms with Crippen LogP contribution in [0.2, 0.25) is 0 Å². The zero-order valence-corrected chi connectivity index (χ0v) is 19.3. The summed E-state index contributed by atoms with van der Waals surface area (Å²) >= 11 is 1.41. The van der Waals surface area contributed by atoms with Crippen molar-refractivity contribution in [2.45, 2.75) is 17.6 Å². The molecule has 2 heterocycles. The van der Waals surface area contributed by atoms with Crippen LogP contribution in [0, 0.1) is 12.7 Å². The smallest absolute Gasteiger partial charge is 0.545 e. The molecular weight excluding hydrogens is 408 g/mol. The Balaban J connectivity index is 0.00000218. The van der Waals surface area contributed by atoms with Crippen molar-refractivity contribution in [3.8, 4) is 22.4 Å². The minimum Gasteiger partial charge on any atom is -0.545 e. The number of pyridine rings is 1. The van der Waals surface area contributed by atoms with E-state index in [1.54, 1.807) is 0 Å². The maximum Gasteiger partial charge on any atom is 1.00 e. The normalized spacial score (nSPS) is 12.1. The molecule has 142 valence electrons. The van der Waals surface area contributed by atoms with Crippen molar-refractivity contribution in [2.24, 2.45) is 0 Å². The van der Waals surface area contributed by atoms with Gasteiger partial charge in [0.2, 0.25) is 0 Å². The van der Waals surface area contributed by atoms with Crippen molar-refractivity contribution in [3.63, 3.8) is 0 Å². The van der Waals surface area contributed by atoms with Gasteiger partial charge in [0.05, 0.1) is 17.2 Å². The second-order valence-corrected chi connectivity index (χ2v) is 8.07. The zero-order valence-electron chi connectivity index (χ0n) is 16.5. The van der Waals surface area contributed by atoms with Crippen molar-refractivity contribution >= 4 is 28.6 Å². The van der Waals surface area contributed by atoms with Crippen LogP contribution in [0.25, 0.3) is 33.3 Å². The molecule has 0 saturated carbocycles. The summed E-state index contributed by atoms with van der Waals surface area (Å²) < 4.78 is 13.7. The van der Waals surface area contributed by atoms with Crippen LogP contribution in [0.1, 0.15) is 21.5 Å². The average molecular weight is 423 g/mol. The Kier molecular flexibility index (Phi) is 5.73. The predicted octanol–water partition coefficient (Wildman–Crippen LogP) is 1.99. The van der Waals surface area contributed by atoms with Gasteiger partial charge in [0.15, 0.2) is 0 Å². The molecule has 1 aliphatic heterocycles. The summed E-state index contributed by atoms with van der Waals surface area (Å²) in [5.74, 6) is -1.19. The predicted molar refractivity (Wildman–Crippen MR) is 111 cm³/mol. The first-order valence-electron chi connectivity index (χ1n) is 9.19. The van der Waals surface area contributed by atoms with Gasteiger partial charge in [-0.15, -0.1) is 11.8 Å². The van der Waals surface area contributed by atoms with Crippen LogP contribution in [0.3, 0.4) is 0 Å². The van der Waals surface area contributed by atoms with Crippen LogP contribution in [-0.4, -0.2) is 11.0 Å². The first-order chi connectivity index (χ1) is 14.0. The van der Waals surface area contributed by atoms with E-state index < -0.39 is 11.8 Å². The Morgan fingerprint density at radius 3 is 2.63 bits per heavy atom. The molecule has 0 N–H and O–H groups in total. The molecule has 0 atom stereocenters. The topological polar surface area (TPSA) is 53.0 Å². The molecule has 30 heavy (non-hydrogen) atoms. The number of nitrogens with zero attached hydrogens (tertiary/aromatic N) is 1. The summed E-state index contributed by atoms with van der Waals surface area (Å²) in [5, 5.41) is 12.2. The molecule has 0 radical (unpaired) electrons. The Morgan fingerprint density at radius 2 is 1.87 bits per heavy atom. The minimum atomic E-state index is -1.31. The standard InChI is InChI=1S/C24H16FNO2S.Na/c1-13-4-2-3-5-17(13)14-6-8-18-15(10-14)12-29-23-21(24(27)28)19-11-16(25)7-9-20(19)26-22(18)23;/h2-11H,12H2,1H3,(H,27,28);/q;+1/p-1. The molecule has 0 bridgehead atoms. The molecular formula is C24H15FNNaO2S. The summed E-state index contributed by atoms with van der Waals surface area (Å²) in [6.45, 7) is 2.08. The third kappa shape index (κ3) is 3.46. The maximum absolute atomic E-state index is 13.7. The summed E-state index contributed by atoms with van der Waals surface area (Å²) in [4.78, 5) is 17.1. The fourth-order valence-electron chi connectivity index (χ4n) is 3.90. The molecule has 0 fully saturated rings. The van der Waals surface area contributed by atoms with Crippen LogP contribution in [0.5, 0.6) is 0 Å². The first kappa shape index (κ1) is 21.1. The van der Waals surface area contributed by atoms with Crippen LogP contribution in [0.15, 0.2) is 65.6 Å². The number of benzene rings is 3. The number of aryl methyl sites for hydroxylation is 1. The van der Waals surface area contributed by atoms with E-state index in [9.17, 15) is 14.3 Å². The van der Waals surface area contributed by atoms with Gasteiger partial charge in [0, 0.05) is 27.2 Å². The zero-order chi connectivity index (χ0) is 20.1. The number of carbonyl (C=O) groups excluding carboxylic acids is 1. The summed E-state index contributed by atoms with van der Waals surface area (Å²) in [7, 11) is 0. The fourth-order valence-corrected chi connectivity index (χ4v) is 5.07. The van der Waals surface area contributed by atoms with Gasteiger partial charge < -0.3 is 9.90 Å². The van der Waals surface area contributed by atoms with Crippen LogP contribution >= 0.6 is 11.8 Å². The first-order valence-corrected chi connectivity index (χ1v) is 10.2. The van der Waals surface area contributed by atoms with Gasteiger partial charge in [-0.2, -0.15) is 0 Å². The van der Waals surface area contributed by atoms with E-state index in [-0.39, 0.29) is 40.5 Å². The molecule has 1 aliphatic rings. The molecule has 4 aromatic rings. The van der Waals surface area contributed by atoms with Crippen molar-refractivity contribution in [1.82, 2.24) is 4.98 Å². The van der Waals surface area contributed by atoms with E-state index in [1.165, 1.54) is 41.1 Å². The van der Waals surface area contributed by atoms with Gasteiger partial charge >= 0.3 is 29.6 Å². The van der Waals surface area contributed by atoms with Gasteiger partial charge in [-0.25, -0.2) is 9.37 Å². The summed E-state index contributed by atoms with van der Waals surface area (Å²) in [6, 6.07) is 18.4. The minimum absolute atomic E-state index is 0. The number of aromatic carboxylic acids is 1. The summed E-state index contributed by atoms with van der Waals surface area (Å²) in [6.07, 6.45) is 0. The Morgan fingerprint density at radius 1 is 1.07 bits per heavy atom. The van der Waals surface area contributed by atoms with Crippen LogP contribution in [0.4, 0.5) is 4.39 Å². The number of thioether (sulfide) groups is 1. The maximum atomic E-state index is 13.7. The van der Waals surface area contributed by atoms with Gasteiger partial charge in [-0.05, 0) is 53.4 Å². The fraction of sp³-hybridized carbons (Fsp3) is 0.0833. The van der Waals surface area contributed by atoms with Crippen LogP contribution < -0.4 is 34.7 Å². The van der Waals surface area contributed by atoms with Crippen molar-refractivity contribution in [1.29, 1.82) is 0 Å². The van der Waals surface area contributed by atoms with E-state index in [0.29, 0.717) is 21.9 Å². The number of carboxylic acid groups (broad SMARTS) is 1. The van der Waals surface area contributed by atoms with Gasteiger partial charge in [-0.3, -0.25) is 0 Å². The number of fused-ring (bicyclic) bond motifs is 4. The van der Waals surface area contributed by atoms with Gasteiger partial charge in [0.1, 0.15) is 5.82 Å². The molecule has 6 heteroatoms. The Hall–Kier alpha value is -2.18. The number of carboxylic acids is 1. The second kappa shape index (κ2) is 8.16. The van der Waals surface area contributed by atoms with Gasteiger partial charge in [-0.1, -0.05) is 36.4 Å². The van der Waals surface area contributed by atoms with Gasteiger partial charge in [0.25, 0.3) is 0 Å². The van der Waals surface area contributed by atoms with E-state index in [2.05, 4.69) is 30.1 Å². The number of hydrogen-bond donors (Lipinski definition) is 0. The van der Waals surface area contributed by atoms with Crippen molar-refractivity contribution < 1.29 is 43.8 Å². The molecule has 0 aliphatic carbocycles. The Labute approximate surface area is 199 Å². The molecule has 3 aromatic carbocycles. The number of aromatic nitrogens is 1. The average Bonchev–Trinajstić information content (AvgIpc) is 2.71. The molecule has 1 aromatic heterocycles. The Bertz CT molecular complexity index is 1320. The third-order valence-corrected chi connectivity index (χ3v) is 6.44. The number of hydrogen-bond acceptors (Lipinski definition) is 4. The monoisotopic (exact) mass is 423 g/mol. The van der Waals surface area contributed by atoms with Crippen LogP contribution in [-0.2, 0) is 5.75 Å². The number of carbonyl (C=O) groups is 1. The van der Waals surface area contributed by atoms with E-state index in [4.69, 9.17) is 0 Å². The second-order valence-electron chi connectivity index (χ2n) is 7.09. The van der Waals surface area contributed by atoms with Crippen molar-refractivity contribution in [2.75, 3.05) is 0 Å². The van der Waals surface area contributed by atoms with E-state index >= 15 is 0 Å². The van der Waals surface area contributed by atoms with E-state index in [1.807, 2.05) is 24.3 Å². The quantitative estimate of drug-likeness (QED) is 0.463. The molecule has 0 unspecified atom stereocenters. The SMILES string of the molecule is Cc1ccccc1-c1ccc2c(c1)CSc1c-2nc2ccc(F)cc2c1C(=O)[O-].[Na+]. The third-order valence-electron chi connectivity index (χ3n) is 5.29. The molecule has 3 nitrogen and oxygen atoms in total. The van der Waals surface area contributed by atoms with E-state index in [0.717, 1.165) is 16.7 Å². The number of rotatable bonds is 2.